The quantitative estimate of drug-likeness (QED) is 0.835. The summed E-state index contributed by atoms with van der Waals surface area (Å²) in [4.78, 5) is 2.71. The van der Waals surface area contributed by atoms with E-state index < -0.39 is 0 Å². The fraction of sp³-hybridized carbons (Fsp3) is 1.00. The molecule has 2 aliphatic carbocycles. The van der Waals surface area contributed by atoms with E-state index in [2.05, 4.69) is 25.8 Å². The van der Waals surface area contributed by atoms with Crippen molar-refractivity contribution in [3.05, 3.63) is 0 Å². The topological polar surface area (TPSA) is 29.3 Å². The van der Waals surface area contributed by atoms with Crippen LogP contribution in [0.5, 0.6) is 0 Å². The van der Waals surface area contributed by atoms with E-state index in [4.69, 9.17) is 5.73 Å². The molecule has 2 fully saturated rings. The SMILES string of the molecule is CC1CCC(N(C)C2CCCCC2CN)CC1C. The Morgan fingerprint density at radius 2 is 1.72 bits per heavy atom. The summed E-state index contributed by atoms with van der Waals surface area (Å²) >= 11 is 0. The summed E-state index contributed by atoms with van der Waals surface area (Å²) in [6.45, 7) is 5.74. The molecule has 0 aromatic rings. The molecule has 0 amide bonds. The van der Waals surface area contributed by atoms with Crippen LogP contribution in [0.4, 0.5) is 0 Å². The van der Waals surface area contributed by atoms with Gasteiger partial charge in [0, 0.05) is 12.1 Å². The highest BCUT2D eigenvalue weighted by Crippen LogP contribution is 2.35. The molecular weight excluding hydrogens is 220 g/mol. The maximum Gasteiger partial charge on any atom is 0.0135 e. The average molecular weight is 252 g/mol. The van der Waals surface area contributed by atoms with E-state index in [0.717, 1.165) is 36.4 Å². The van der Waals surface area contributed by atoms with E-state index in [1.165, 1.54) is 44.9 Å². The minimum absolute atomic E-state index is 0.749. The van der Waals surface area contributed by atoms with E-state index in [9.17, 15) is 0 Å². The van der Waals surface area contributed by atoms with Gasteiger partial charge in [0.1, 0.15) is 0 Å². The maximum atomic E-state index is 5.98. The predicted molar refractivity (Wildman–Crippen MR) is 78.5 cm³/mol. The maximum absolute atomic E-state index is 5.98. The molecule has 0 aromatic carbocycles. The van der Waals surface area contributed by atoms with Crippen molar-refractivity contribution in [3.8, 4) is 0 Å². The van der Waals surface area contributed by atoms with Crippen LogP contribution in [0.15, 0.2) is 0 Å². The van der Waals surface area contributed by atoms with Gasteiger partial charge >= 0.3 is 0 Å². The Morgan fingerprint density at radius 3 is 2.39 bits per heavy atom. The zero-order chi connectivity index (χ0) is 13.1. The van der Waals surface area contributed by atoms with Gasteiger partial charge in [0.05, 0.1) is 0 Å². The molecule has 2 aliphatic rings. The van der Waals surface area contributed by atoms with Gasteiger partial charge in [0.25, 0.3) is 0 Å². The van der Waals surface area contributed by atoms with E-state index in [-0.39, 0.29) is 0 Å². The number of hydrogen-bond donors (Lipinski definition) is 1. The van der Waals surface area contributed by atoms with Crippen molar-refractivity contribution in [2.24, 2.45) is 23.5 Å². The Bertz CT molecular complexity index is 253. The minimum atomic E-state index is 0.749. The van der Waals surface area contributed by atoms with E-state index in [1.54, 1.807) is 0 Å². The summed E-state index contributed by atoms with van der Waals surface area (Å²) < 4.78 is 0. The molecule has 0 saturated heterocycles. The molecule has 5 unspecified atom stereocenters. The van der Waals surface area contributed by atoms with Gasteiger partial charge in [-0.3, -0.25) is 0 Å². The molecular formula is C16H32N2. The van der Waals surface area contributed by atoms with Crippen LogP contribution in [0.25, 0.3) is 0 Å². The normalized spacial score (nSPS) is 42.2. The fourth-order valence-electron chi connectivity index (χ4n) is 4.16. The standard InChI is InChI=1S/C16H32N2/c1-12-8-9-15(10-13(12)2)18(3)16-7-5-4-6-14(16)11-17/h12-16H,4-11,17H2,1-3H3. The number of rotatable bonds is 3. The van der Waals surface area contributed by atoms with Crippen molar-refractivity contribution >= 4 is 0 Å². The fourth-order valence-corrected chi connectivity index (χ4v) is 4.16. The lowest BCUT2D eigenvalue weighted by molar-refractivity contribution is 0.0513. The van der Waals surface area contributed by atoms with Crippen LogP contribution in [-0.2, 0) is 0 Å². The molecule has 2 rings (SSSR count). The Labute approximate surface area is 113 Å². The van der Waals surface area contributed by atoms with Gasteiger partial charge < -0.3 is 10.6 Å². The highest BCUT2D eigenvalue weighted by atomic mass is 15.2. The largest absolute Gasteiger partial charge is 0.330 e. The second-order valence-corrected chi connectivity index (χ2v) is 6.93. The van der Waals surface area contributed by atoms with Crippen LogP contribution in [0.3, 0.4) is 0 Å². The molecule has 2 N–H and O–H groups in total. The Morgan fingerprint density at radius 1 is 1.00 bits per heavy atom. The van der Waals surface area contributed by atoms with Crippen LogP contribution in [0.1, 0.15) is 58.8 Å². The lowest BCUT2D eigenvalue weighted by Crippen LogP contribution is -2.49. The van der Waals surface area contributed by atoms with E-state index in [1.807, 2.05) is 0 Å². The first-order valence-electron chi connectivity index (χ1n) is 8.05. The van der Waals surface area contributed by atoms with Crippen LogP contribution in [-0.4, -0.2) is 30.6 Å². The third-order valence-corrected chi connectivity index (χ3v) is 5.84. The summed E-state index contributed by atoms with van der Waals surface area (Å²) in [6, 6.07) is 1.57. The number of hydrogen-bond acceptors (Lipinski definition) is 2. The highest BCUT2D eigenvalue weighted by molar-refractivity contribution is 4.88. The zero-order valence-electron chi connectivity index (χ0n) is 12.6. The lowest BCUT2D eigenvalue weighted by Gasteiger charge is -2.45. The molecule has 106 valence electrons. The van der Waals surface area contributed by atoms with E-state index in [0.29, 0.717) is 0 Å². The van der Waals surface area contributed by atoms with Gasteiger partial charge in [-0.2, -0.15) is 0 Å². The average Bonchev–Trinajstić information content (AvgIpc) is 2.41. The predicted octanol–water partition coefficient (Wildman–Crippen LogP) is 3.26. The molecule has 0 bridgehead atoms. The first-order valence-corrected chi connectivity index (χ1v) is 8.05. The lowest BCUT2D eigenvalue weighted by atomic mass is 9.76. The van der Waals surface area contributed by atoms with Crippen molar-refractivity contribution in [1.29, 1.82) is 0 Å². The molecule has 2 saturated carbocycles. The minimum Gasteiger partial charge on any atom is -0.330 e. The Hall–Kier alpha value is -0.0800. The van der Waals surface area contributed by atoms with Crippen molar-refractivity contribution in [3.63, 3.8) is 0 Å². The summed E-state index contributed by atoms with van der Waals surface area (Å²) in [5.41, 5.74) is 5.98. The van der Waals surface area contributed by atoms with Gasteiger partial charge in [0.15, 0.2) is 0 Å². The summed E-state index contributed by atoms with van der Waals surface area (Å²) in [7, 11) is 2.37. The molecule has 0 radical (unpaired) electrons. The van der Waals surface area contributed by atoms with Crippen LogP contribution >= 0.6 is 0 Å². The van der Waals surface area contributed by atoms with Crippen molar-refractivity contribution in [2.75, 3.05) is 13.6 Å². The summed E-state index contributed by atoms with van der Waals surface area (Å²) in [5, 5.41) is 0. The van der Waals surface area contributed by atoms with Gasteiger partial charge in [0.2, 0.25) is 0 Å². The van der Waals surface area contributed by atoms with Crippen molar-refractivity contribution in [2.45, 2.75) is 70.9 Å². The Kier molecular flexibility index (Phi) is 5.08. The third kappa shape index (κ3) is 3.08. The summed E-state index contributed by atoms with van der Waals surface area (Å²) in [6.07, 6.45) is 9.73. The third-order valence-electron chi connectivity index (χ3n) is 5.84. The van der Waals surface area contributed by atoms with Crippen LogP contribution < -0.4 is 5.73 Å². The first-order chi connectivity index (χ1) is 8.63. The van der Waals surface area contributed by atoms with Gasteiger partial charge in [-0.15, -0.1) is 0 Å². The van der Waals surface area contributed by atoms with E-state index >= 15 is 0 Å². The van der Waals surface area contributed by atoms with Crippen molar-refractivity contribution in [1.82, 2.24) is 4.90 Å². The number of nitrogens with two attached hydrogens (primary N) is 1. The molecule has 0 spiro atoms. The highest BCUT2D eigenvalue weighted by Gasteiger charge is 2.34. The molecule has 18 heavy (non-hydrogen) atoms. The van der Waals surface area contributed by atoms with Gasteiger partial charge in [-0.05, 0) is 63.5 Å². The molecule has 5 atom stereocenters. The zero-order valence-corrected chi connectivity index (χ0v) is 12.6. The smallest absolute Gasteiger partial charge is 0.0135 e. The van der Waals surface area contributed by atoms with Crippen molar-refractivity contribution < 1.29 is 0 Å². The molecule has 2 heteroatoms. The monoisotopic (exact) mass is 252 g/mol. The molecule has 0 aromatic heterocycles. The van der Waals surface area contributed by atoms with Gasteiger partial charge in [-0.25, -0.2) is 0 Å². The first kappa shape index (κ1) is 14.3. The molecule has 2 nitrogen and oxygen atoms in total. The molecule has 0 aliphatic heterocycles. The second-order valence-electron chi connectivity index (χ2n) is 6.93. The summed E-state index contributed by atoms with van der Waals surface area (Å²) in [5.74, 6) is 2.57. The van der Waals surface area contributed by atoms with Crippen LogP contribution in [0.2, 0.25) is 0 Å². The second kappa shape index (κ2) is 6.38. The number of nitrogens with zero attached hydrogens (tertiary/aromatic N) is 1. The molecule has 0 heterocycles. The van der Waals surface area contributed by atoms with Gasteiger partial charge in [-0.1, -0.05) is 26.7 Å². The van der Waals surface area contributed by atoms with Crippen LogP contribution in [0, 0.1) is 17.8 Å². The Balaban J connectivity index is 1.95.